The third-order valence-electron chi connectivity index (χ3n) is 2.16. The van der Waals surface area contributed by atoms with Crippen LogP contribution in [0, 0.1) is 0 Å². The normalized spacial score (nSPS) is 11.3. The van der Waals surface area contributed by atoms with Crippen molar-refractivity contribution in [2.45, 2.75) is 4.21 Å². The van der Waals surface area contributed by atoms with Gasteiger partial charge in [0.15, 0.2) is 9.90 Å². The molecular formula is C10H6BrClN2O4S2. The molecule has 0 radical (unpaired) electrons. The Morgan fingerprint density at radius 3 is 2.75 bits per heavy atom. The lowest BCUT2D eigenvalue weighted by Crippen LogP contribution is -2.15. The average molecular weight is 398 g/mol. The van der Waals surface area contributed by atoms with Crippen molar-refractivity contribution in [1.29, 1.82) is 0 Å². The Balaban J connectivity index is 2.41. The van der Waals surface area contributed by atoms with E-state index in [0.717, 1.165) is 16.8 Å². The molecule has 0 saturated carbocycles. The van der Waals surface area contributed by atoms with Gasteiger partial charge in [0.05, 0.1) is 11.2 Å². The second-order valence-electron chi connectivity index (χ2n) is 3.52. The first-order chi connectivity index (χ1) is 9.31. The van der Waals surface area contributed by atoms with Gasteiger partial charge in [-0.1, -0.05) is 11.6 Å². The lowest BCUT2D eigenvalue weighted by atomic mass is 10.3. The van der Waals surface area contributed by atoms with Crippen LogP contribution in [0.1, 0.15) is 10.5 Å². The minimum atomic E-state index is -4.03. The Kier molecular flexibility index (Phi) is 4.33. The number of hydrogen-bond donors (Lipinski definition) is 2. The van der Waals surface area contributed by atoms with Crippen molar-refractivity contribution in [2.75, 3.05) is 4.72 Å². The van der Waals surface area contributed by atoms with Crippen LogP contribution < -0.4 is 4.72 Å². The fourth-order valence-corrected chi connectivity index (χ4v) is 4.47. The number of hydrogen-bond acceptors (Lipinski definition) is 5. The number of benzene rings is 1. The largest absolute Gasteiger partial charge is 0.476 e. The van der Waals surface area contributed by atoms with Crippen LogP contribution in [0.2, 0.25) is 5.02 Å². The predicted octanol–water partition coefficient (Wildman–Crippen LogP) is 3.06. The zero-order chi connectivity index (χ0) is 14.9. The van der Waals surface area contributed by atoms with E-state index in [1.807, 2.05) is 0 Å². The number of carbonyl (C=O) groups is 1. The topological polar surface area (TPSA) is 96.4 Å². The molecule has 106 valence electrons. The second kappa shape index (κ2) is 5.68. The maximum absolute atomic E-state index is 12.2. The fraction of sp³-hybridized carbons (Fsp3) is 0. The van der Waals surface area contributed by atoms with Crippen LogP contribution in [0.25, 0.3) is 0 Å². The minimum absolute atomic E-state index is 0.249. The summed E-state index contributed by atoms with van der Waals surface area (Å²) >= 11 is 9.66. The molecule has 0 unspecified atom stereocenters. The number of aromatic carboxylic acids is 1. The van der Waals surface area contributed by atoms with E-state index >= 15 is 0 Å². The Hall–Kier alpha value is -1.16. The number of anilines is 1. The zero-order valence-electron chi connectivity index (χ0n) is 9.50. The third-order valence-corrected chi connectivity index (χ3v) is 5.78. The van der Waals surface area contributed by atoms with Crippen LogP contribution in [0.5, 0.6) is 0 Å². The van der Waals surface area contributed by atoms with E-state index in [1.165, 1.54) is 18.2 Å². The number of aromatic nitrogens is 1. The van der Waals surface area contributed by atoms with Crippen molar-refractivity contribution in [1.82, 2.24) is 4.98 Å². The lowest BCUT2D eigenvalue weighted by molar-refractivity contribution is 0.0687. The van der Waals surface area contributed by atoms with Gasteiger partial charge in [0.1, 0.15) is 0 Å². The molecule has 0 atom stereocenters. The summed E-state index contributed by atoms with van der Waals surface area (Å²) in [4.78, 5) is 14.4. The highest BCUT2D eigenvalue weighted by molar-refractivity contribution is 9.10. The van der Waals surface area contributed by atoms with Gasteiger partial charge in [-0.25, -0.2) is 18.2 Å². The summed E-state index contributed by atoms with van der Waals surface area (Å²) in [7, 11) is -4.03. The highest BCUT2D eigenvalue weighted by Crippen LogP contribution is 2.29. The van der Waals surface area contributed by atoms with Crippen LogP contribution in [0.3, 0.4) is 0 Å². The van der Waals surface area contributed by atoms with Gasteiger partial charge in [0, 0.05) is 9.50 Å². The van der Waals surface area contributed by atoms with E-state index in [9.17, 15) is 13.2 Å². The van der Waals surface area contributed by atoms with Gasteiger partial charge in [-0.3, -0.25) is 4.72 Å². The highest BCUT2D eigenvalue weighted by Gasteiger charge is 2.26. The standard InChI is InChI=1S/C10H6BrClN2O4S2/c11-6-3-5(12)1-2-7(6)14-20(17,18)10-8(9(15)16)13-4-19-10/h1-4,14H,(H,15,16). The van der Waals surface area contributed by atoms with E-state index < -0.39 is 21.7 Å². The molecule has 2 rings (SSSR count). The molecule has 10 heteroatoms. The van der Waals surface area contributed by atoms with Gasteiger partial charge >= 0.3 is 5.97 Å². The lowest BCUT2D eigenvalue weighted by Gasteiger charge is -2.08. The van der Waals surface area contributed by atoms with E-state index in [-0.39, 0.29) is 9.90 Å². The van der Waals surface area contributed by atoms with Gasteiger partial charge in [-0.15, -0.1) is 11.3 Å². The average Bonchev–Trinajstić information content (AvgIpc) is 2.82. The van der Waals surface area contributed by atoms with E-state index in [0.29, 0.717) is 9.50 Å². The SMILES string of the molecule is O=C(O)c1ncsc1S(=O)(=O)Nc1ccc(Cl)cc1Br. The Bertz CT molecular complexity index is 775. The molecular weight excluding hydrogens is 392 g/mol. The minimum Gasteiger partial charge on any atom is -0.476 e. The van der Waals surface area contributed by atoms with Gasteiger partial charge < -0.3 is 5.11 Å². The summed E-state index contributed by atoms with van der Waals surface area (Å²) < 4.78 is 26.7. The number of rotatable bonds is 4. The number of sulfonamides is 1. The molecule has 2 aromatic rings. The van der Waals surface area contributed by atoms with Gasteiger partial charge in [0.25, 0.3) is 10.0 Å². The molecule has 0 aliphatic carbocycles. The van der Waals surface area contributed by atoms with Crippen LogP contribution in [0.4, 0.5) is 5.69 Å². The molecule has 0 amide bonds. The summed E-state index contributed by atoms with van der Waals surface area (Å²) in [5.41, 5.74) is 0.904. The van der Waals surface area contributed by atoms with E-state index in [1.54, 1.807) is 0 Å². The van der Waals surface area contributed by atoms with Crippen molar-refractivity contribution >= 4 is 60.5 Å². The molecule has 1 heterocycles. The maximum atomic E-state index is 12.2. The number of nitrogens with one attached hydrogen (secondary N) is 1. The molecule has 2 N–H and O–H groups in total. The zero-order valence-corrected chi connectivity index (χ0v) is 13.5. The summed E-state index contributed by atoms with van der Waals surface area (Å²) in [5, 5.41) is 9.33. The fourth-order valence-electron chi connectivity index (χ4n) is 1.33. The molecule has 0 spiro atoms. The second-order valence-corrected chi connectivity index (χ2v) is 7.55. The number of carboxylic acid groups (broad SMARTS) is 1. The quantitative estimate of drug-likeness (QED) is 0.826. The Labute approximate surface area is 131 Å². The Morgan fingerprint density at radius 2 is 2.15 bits per heavy atom. The molecule has 0 bridgehead atoms. The molecule has 0 aliphatic heterocycles. The van der Waals surface area contributed by atoms with E-state index in [2.05, 4.69) is 25.6 Å². The summed E-state index contributed by atoms with van der Waals surface area (Å²) in [6.45, 7) is 0. The monoisotopic (exact) mass is 396 g/mol. The maximum Gasteiger partial charge on any atom is 0.356 e. The molecule has 20 heavy (non-hydrogen) atoms. The van der Waals surface area contributed by atoms with Crippen molar-refractivity contribution < 1.29 is 18.3 Å². The summed E-state index contributed by atoms with van der Waals surface area (Å²) in [5.74, 6) is -1.40. The summed E-state index contributed by atoms with van der Waals surface area (Å²) in [6.07, 6.45) is 0. The number of halogens is 2. The van der Waals surface area contributed by atoms with E-state index in [4.69, 9.17) is 16.7 Å². The smallest absolute Gasteiger partial charge is 0.356 e. The van der Waals surface area contributed by atoms with Crippen LogP contribution in [-0.4, -0.2) is 24.5 Å². The number of carboxylic acids is 1. The van der Waals surface area contributed by atoms with Crippen molar-refractivity contribution in [2.24, 2.45) is 0 Å². The first-order valence-corrected chi connectivity index (χ1v) is 8.49. The molecule has 0 saturated heterocycles. The third kappa shape index (κ3) is 3.11. The Morgan fingerprint density at radius 1 is 1.45 bits per heavy atom. The first kappa shape index (κ1) is 15.2. The van der Waals surface area contributed by atoms with Gasteiger partial charge in [-0.2, -0.15) is 0 Å². The highest BCUT2D eigenvalue weighted by atomic mass is 79.9. The van der Waals surface area contributed by atoms with Crippen molar-refractivity contribution in [3.8, 4) is 0 Å². The van der Waals surface area contributed by atoms with Gasteiger partial charge in [-0.05, 0) is 34.1 Å². The molecule has 0 fully saturated rings. The van der Waals surface area contributed by atoms with Crippen molar-refractivity contribution in [3.63, 3.8) is 0 Å². The molecule has 0 aliphatic rings. The van der Waals surface area contributed by atoms with Crippen LogP contribution >= 0.6 is 38.9 Å². The summed E-state index contributed by atoms with van der Waals surface area (Å²) in [6, 6.07) is 4.49. The molecule has 6 nitrogen and oxygen atoms in total. The van der Waals surface area contributed by atoms with Crippen LogP contribution in [0.15, 0.2) is 32.4 Å². The molecule has 1 aromatic heterocycles. The first-order valence-electron chi connectivity index (χ1n) is 4.96. The molecule has 1 aromatic carbocycles. The van der Waals surface area contributed by atoms with Gasteiger partial charge in [0.2, 0.25) is 0 Å². The number of nitrogens with zero attached hydrogens (tertiary/aromatic N) is 1. The van der Waals surface area contributed by atoms with Crippen molar-refractivity contribution in [3.05, 3.63) is 38.9 Å². The number of thiazole rings is 1. The predicted molar refractivity (Wildman–Crippen MR) is 79.0 cm³/mol. The van der Waals surface area contributed by atoms with Crippen LogP contribution in [-0.2, 0) is 10.0 Å².